The molecule has 6 aliphatic rings. The summed E-state index contributed by atoms with van der Waals surface area (Å²) in [7, 11) is 0. The first-order chi connectivity index (χ1) is 11.4. The maximum atomic E-state index is 13.2. The monoisotopic (exact) mass is 329 g/mol. The molecule has 130 valence electrons. The van der Waals surface area contributed by atoms with Crippen molar-refractivity contribution in [1.82, 2.24) is 4.90 Å². The highest BCUT2D eigenvalue weighted by Gasteiger charge is 2.62. The van der Waals surface area contributed by atoms with Crippen molar-refractivity contribution < 1.29 is 9.90 Å². The highest BCUT2D eigenvalue weighted by molar-refractivity contribution is 5.84. The fourth-order valence-corrected chi connectivity index (χ4v) is 7.03. The molecular weight excluding hydrogens is 302 g/mol. The average Bonchev–Trinajstić information content (AvgIpc) is 3.14. The van der Waals surface area contributed by atoms with E-state index in [4.69, 9.17) is 5.73 Å². The van der Waals surface area contributed by atoms with E-state index < -0.39 is 11.6 Å². The number of amides is 1. The maximum Gasteiger partial charge on any atom is 0.241 e. The standard InChI is InChI=1S/C19H27N3O2/c20-9-14-8-17(1-2-17)11-22(14)16(23)15(21)18-4-12-3-13(5-18)7-19(24,6-12)10-18/h12-15,24H,1-8,10-11,21H2/t12?,13?,14-,15+,18?,19?/m0/s1. The van der Waals surface area contributed by atoms with Crippen LogP contribution in [0.15, 0.2) is 0 Å². The Morgan fingerprint density at radius 2 is 1.88 bits per heavy atom. The van der Waals surface area contributed by atoms with E-state index in [1.165, 1.54) is 6.42 Å². The van der Waals surface area contributed by atoms with E-state index in [2.05, 4.69) is 6.07 Å². The van der Waals surface area contributed by atoms with Crippen LogP contribution in [0, 0.1) is 34.0 Å². The van der Waals surface area contributed by atoms with E-state index in [1.807, 2.05) is 0 Å². The Morgan fingerprint density at radius 1 is 1.21 bits per heavy atom. The molecule has 0 aromatic rings. The largest absolute Gasteiger partial charge is 0.390 e. The predicted octanol–water partition coefficient (Wildman–Crippen LogP) is 1.55. The minimum Gasteiger partial charge on any atom is -0.390 e. The zero-order valence-electron chi connectivity index (χ0n) is 14.2. The minimum atomic E-state index is -0.598. The van der Waals surface area contributed by atoms with Crippen LogP contribution < -0.4 is 5.73 Å². The summed E-state index contributed by atoms with van der Waals surface area (Å²) in [5.74, 6) is 1.02. The van der Waals surface area contributed by atoms with Crippen LogP contribution >= 0.6 is 0 Å². The van der Waals surface area contributed by atoms with Crippen LogP contribution in [0.1, 0.15) is 57.8 Å². The third-order valence-corrected chi connectivity index (χ3v) is 7.90. The Bertz CT molecular complexity index is 621. The lowest BCUT2D eigenvalue weighted by atomic mass is 9.46. The first-order valence-electron chi connectivity index (χ1n) is 9.54. The number of likely N-dealkylation sites (tertiary alicyclic amines) is 1. The average molecular weight is 329 g/mol. The van der Waals surface area contributed by atoms with Crippen LogP contribution in [0.5, 0.6) is 0 Å². The second-order valence-corrected chi connectivity index (χ2v) is 9.84. The molecule has 1 aliphatic heterocycles. The molecular formula is C19H27N3O2. The molecule has 0 aromatic carbocycles. The molecule has 3 N–H and O–H groups in total. The number of nitriles is 1. The fraction of sp³-hybridized carbons (Fsp3) is 0.895. The van der Waals surface area contributed by atoms with Gasteiger partial charge in [-0.2, -0.15) is 5.26 Å². The molecule has 5 heteroatoms. The summed E-state index contributed by atoms with van der Waals surface area (Å²) in [4.78, 5) is 15.0. The molecule has 6 fully saturated rings. The normalized spacial score (nSPS) is 48.5. The van der Waals surface area contributed by atoms with Crippen LogP contribution in [-0.4, -0.2) is 40.1 Å². The van der Waals surface area contributed by atoms with Crippen molar-refractivity contribution in [2.45, 2.75) is 75.5 Å². The SMILES string of the molecule is N#C[C@@H]1CC2(CC2)CN1C(=O)[C@@H](N)C12CC3CC(CC(O)(C3)C1)C2. The summed E-state index contributed by atoms with van der Waals surface area (Å²) in [6.45, 7) is 0.713. The van der Waals surface area contributed by atoms with Gasteiger partial charge < -0.3 is 15.7 Å². The van der Waals surface area contributed by atoms with Gasteiger partial charge in [0, 0.05) is 6.54 Å². The number of nitrogens with zero attached hydrogens (tertiary/aromatic N) is 2. The Labute approximate surface area is 143 Å². The molecule has 0 radical (unpaired) electrons. The van der Waals surface area contributed by atoms with Crippen molar-refractivity contribution in [3.05, 3.63) is 0 Å². The first-order valence-corrected chi connectivity index (χ1v) is 9.54. The van der Waals surface area contributed by atoms with Gasteiger partial charge in [0.25, 0.3) is 0 Å². The molecule has 2 unspecified atom stereocenters. The van der Waals surface area contributed by atoms with Crippen molar-refractivity contribution in [3.8, 4) is 6.07 Å². The van der Waals surface area contributed by atoms with Crippen molar-refractivity contribution in [2.75, 3.05) is 6.54 Å². The topological polar surface area (TPSA) is 90.4 Å². The third kappa shape index (κ3) is 2.02. The van der Waals surface area contributed by atoms with Gasteiger partial charge in [0.1, 0.15) is 6.04 Å². The zero-order chi connectivity index (χ0) is 16.7. The smallest absolute Gasteiger partial charge is 0.241 e. The van der Waals surface area contributed by atoms with Crippen LogP contribution in [-0.2, 0) is 4.79 Å². The molecule has 6 rings (SSSR count). The number of nitrogens with two attached hydrogens (primary N) is 1. The maximum absolute atomic E-state index is 13.2. The minimum absolute atomic E-state index is 0.0316. The molecule has 4 bridgehead atoms. The molecule has 1 spiro atoms. The molecule has 1 heterocycles. The van der Waals surface area contributed by atoms with Crippen LogP contribution in [0.3, 0.4) is 0 Å². The van der Waals surface area contributed by atoms with Gasteiger partial charge in [0.05, 0.1) is 17.7 Å². The molecule has 0 aromatic heterocycles. The molecule has 1 amide bonds. The van der Waals surface area contributed by atoms with Gasteiger partial charge in [-0.3, -0.25) is 4.79 Å². The molecule has 5 nitrogen and oxygen atoms in total. The lowest BCUT2D eigenvalue weighted by Crippen LogP contribution is -2.64. The van der Waals surface area contributed by atoms with Gasteiger partial charge in [0.15, 0.2) is 0 Å². The van der Waals surface area contributed by atoms with E-state index in [0.29, 0.717) is 24.8 Å². The Morgan fingerprint density at radius 3 is 2.42 bits per heavy atom. The number of rotatable bonds is 2. The van der Waals surface area contributed by atoms with Crippen LogP contribution in [0.25, 0.3) is 0 Å². The Hall–Kier alpha value is -1.12. The van der Waals surface area contributed by atoms with Gasteiger partial charge in [-0.25, -0.2) is 0 Å². The number of carbonyl (C=O) groups is 1. The lowest BCUT2D eigenvalue weighted by Gasteiger charge is -2.61. The third-order valence-electron chi connectivity index (χ3n) is 7.90. The molecule has 24 heavy (non-hydrogen) atoms. The van der Waals surface area contributed by atoms with Gasteiger partial charge >= 0.3 is 0 Å². The van der Waals surface area contributed by atoms with E-state index >= 15 is 0 Å². The van der Waals surface area contributed by atoms with E-state index in [-0.39, 0.29) is 22.8 Å². The molecule has 4 atom stereocenters. The first kappa shape index (κ1) is 15.2. The van der Waals surface area contributed by atoms with Crippen molar-refractivity contribution in [2.24, 2.45) is 28.4 Å². The second kappa shape index (κ2) is 4.53. The fourth-order valence-electron chi connectivity index (χ4n) is 7.03. The summed E-state index contributed by atoms with van der Waals surface area (Å²) in [5.41, 5.74) is 5.95. The summed E-state index contributed by atoms with van der Waals surface area (Å²) in [6.07, 6.45) is 8.71. The van der Waals surface area contributed by atoms with Gasteiger partial charge in [0.2, 0.25) is 5.91 Å². The summed E-state index contributed by atoms with van der Waals surface area (Å²) in [5, 5.41) is 20.4. The van der Waals surface area contributed by atoms with E-state index in [0.717, 1.165) is 44.9 Å². The highest BCUT2D eigenvalue weighted by Crippen LogP contribution is 2.63. The Kier molecular flexibility index (Phi) is 2.86. The number of aliphatic hydroxyl groups is 1. The van der Waals surface area contributed by atoms with Crippen molar-refractivity contribution in [3.63, 3.8) is 0 Å². The number of hydrogen-bond donors (Lipinski definition) is 2. The van der Waals surface area contributed by atoms with Crippen molar-refractivity contribution in [1.29, 1.82) is 5.26 Å². The zero-order valence-corrected chi connectivity index (χ0v) is 14.2. The van der Waals surface area contributed by atoms with Crippen LogP contribution in [0.4, 0.5) is 0 Å². The summed E-state index contributed by atoms with van der Waals surface area (Å²) in [6, 6.07) is 1.47. The predicted molar refractivity (Wildman–Crippen MR) is 87.4 cm³/mol. The number of carbonyl (C=O) groups excluding carboxylic acids is 1. The highest BCUT2D eigenvalue weighted by atomic mass is 16.3. The van der Waals surface area contributed by atoms with Gasteiger partial charge in [-0.15, -0.1) is 0 Å². The van der Waals surface area contributed by atoms with E-state index in [1.54, 1.807) is 4.90 Å². The quantitative estimate of drug-likeness (QED) is 0.804. The van der Waals surface area contributed by atoms with Crippen molar-refractivity contribution >= 4 is 5.91 Å². The van der Waals surface area contributed by atoms with Gasteiger partial charge in [-0.1, -0.05) is 0 Å². The number of hydrogen-bond acceptors (Lipinski definition) is 4. The molecule has 5 saturated carbocycles. The Balaban J connectivity index is 1.41. The summed E-state index contributed by atoms with van der Waals surface area (Å²) >= 11 is 0. The second-order valence-electron chi connectivity index (χ2n) is 9.84. The lowest BCUT2D eigenvalue weighted by molar-refractivity contribution is -0.177. The van der Waals surface area contributed by atoms with Crippen LogP contribution in [0.2, 0.25) is 0 Å². The summed E-state index contributed by atoms with van der Waals surface area (Å²) < 4.78 is 0. The molecule has 5 aliphatic carbocycles. The van der Waals surface area contributed by atoms with Gasteiger partial charge in [-0.05, 0) is 80.5 Å². The van der Waals surface area contributed by atoms with E-state index in [9.17, 15) is 15.2 Å². The molecule has 1 saturated heterocycles.